The first-order valence-corrected chi connectivity index (χ1v) is 21.8. The van der Waals surface area contributed by atoms with Crippen molar-refractivity contribution in [3.63, 3.8) is 0 Å². The first-order valence-electron chi connectivity index (χ1n) is 16.0. The Morgan fingerprint density at radius 1 is 0.345 bits per heavy atom. The van der Waals surface area contributed by atoms with E-state index in [1.807, 2.05) is 0 Å². The van der Waals surface area contributed by atoms with Gasteiger partial charge >= 0.3 is 0 Å². The molecule has 0 aliphatic rings. The van der Waals surface area contributed by atoms with Crippen molar-refractivity contribution in [2.45, 2.75) is 19.6 Å². The zero-order valence-electron chi connectivity index (χ0n) is 28.8. The lowest BCUT2D eigenvalue weighted by Crippen LogP contribution is -2.05. The second-order valence-corrected chi connectivity index (χ2v) is 17.7. The summed E-state index contributed by atoms with van der Waals surface area (Å²) >= 11 is 0. The predicted octanol–water partition coefficient (Wildman–Crippen LogP) is 4.44. The van der Waals surface area contributed by atoms with Gasteiger partial charge in [-0.2, -0.15) is 33.7 Å². The van der Waals surface area contributed by atoms with Crippen LogP contribution in [-0.4, -0.2) is 87.2 Å². The SMILES string of the molecule is O=S(=O)(O)c1ccc(-c2nnc(-c3cccnc3-c3nnc(-c4ccc(S(=O)(=O)O)cc4)c(-c4ccc(S(=O)(=O)O)cc4)n3)nc2-c2ccc(S(=O)(=O)O)cc2)cc1. The van der Waals surface area contributed by atoms with Crippen molar-refractivity contribution in [2.75, 3.05) is 0 Å². The van der Waals surface area contributed by atoms with Crippen molar-refractivity contribution in [3.05, 3.63) is 115 Å². The monoisotopic (exact) mass is 861 g/mol. The maximum atomic E-state index is 11.8. The van der Waals surface area contributed by atoms with Crippen molar-refractivity contribution in [2.24, 2.45) is 0 Å². The van der Waals surface area contributed by atoms with Crippen molar-refractivity contribution in [3.8, 4) is 67.9 Å². The average Bonchev–Trinajstić information content (AvgIpc) is 3.19. The van der Waals surface area contributed by atoms with Crippen LogP contribution in [0.2, 0.25) is 0 Å². The summed E-state index contributed by atoms with van der Waals surface area (Å²) in [5.74, 6) is -0.155. The van der Waals surface area contributed by atoms with E-state index in [0.29, 0.717) is 16.7 Å². The smallest absolute Gasteiger partial charge is 0.282 e. The minimum Gasteiger partial charge on any atom is -0.282 e. The predicted molar refractivity (Wildman–Crippen MR) is 203 cm³/mol. The van der Waals surface area contributed by atoms with Gasteiger partial charge in [0.05, 0.1) is 25.1 Å². The highest BCUT2D eigenvalue weighted by Crippen LogP contribution is 2.35. The highest BCUT2D eigenvalue weighted by molar-refractivity contribution is 7.86. The second kappa shape index (κ2) is 14.9. The molecule has 3 heterocycles. The van der Waals surface area contributed by atoms with Crippen molar-refractivity contribution < 1.29 is 51.9 Å². The molecular formula is C35H23N7O12S4. The van der Waals surface area contributed by atoms with Crippen LogP contribution in [0.1, 0.15) is 0 Å². The highest BCUT2D eigenvalue weighted by atomic mass is 32.2. The minimum atomic E-state index is -4.56. The Kier molecular flexibility index (Phi) is 10.2. The number of rotatable bonds is 10. The van der Waals surface area contributed by atoms with Crippen LogP contribution in [0.4, 0.5) is 0 Å². The van der Waals surface area contributed by atoms with Crippen LogP contribution < -0.4 is 0 Å². The summed E-state index contributed by atoms with van der Waals surface area (Å²) in [6, 6.07) is 23.0. The molecule has 0 saturated heterocycles. The summed E-state index contributed by atoms with van der Waals surface area (Å²) in [7, 11) is -18.2. The zero-order chi connectivity index (χ0) is 41.6. The van der Waals surface area contributed by atoms with E-state index in [4.69, 9.17) is 9.97 Å². The molecule has 0 bridgehead atoms. The molecule has 4 N–H and O–H groups in total. The van der Waals surface area contributed by atoms with Crippen molar-refractivity contribution in [1.29, 1.82) is 0 Å². The fourth-order valence-electron chi connectivity index (χ4n) is 5.56. The quantitative estimate of drug-likeness (QED) is 0.138. The van der Waals surface area contributed by atoms with Crippen LogP contribution in [0.25, 0.3) is 67.9 Å². The molecule has 0 aliphatic carbocycles. The molecule has 7 rings (SSSR count). The van der Waals surface area contributed by atoms with Crippen LogP contribution in [0.5, 0.6) is 0 Å². The largest absolute Gasteiger partial charge is 0.294 e. The molecule has 0 fully saturated rings. The Bertz CT molecular complexity index is 2970. The topological polar surface area (TPSA) is 308 Å². The van der Waals surface area contributed by atoms with E-state index >= 15 is 0 Å². The van der Waals surface area contributed by atoms with Gasteiger partial charge in [-0.1, -0.05) is 48.5 Å². The van der Waals surface area contributed by atoms with Gasteiger partial charge < -0.3 is 0 Å². The van der Waals surface area contributed by atoms with E-state index < -0.39 is 60.1 Å². The summed E-state index contributed by atoms with van der Waals surface area (Å²) in [5.41, 5.74) is 1.87. The van der Waals surface area contributed by atoms with Gasteiger partial charge in [0.15, 0.2) is 5.82 Å². The summed E-state index contributed by atoms with van der Waals surface area (Å²) in [4.78, 5) is 12.3. The molecule has 4 aromatic carbocycles. The molecule has 0 spiro atoms. The summed E-state index contributed by atoms with van der Waals surface area (Å²) in [6.45, 7) is 0. The van der Waals surface area contributed by atoms with Gasteiger partial charge in [0.1, 0.15) is 28.5 Å². The van der Waals surface area contributed by atoms with Crippen LogP contribution in [0.3, 0.4) is 0 Å². The summed E-state index contributed by atoms with van der Waals surface area (Å²) < 4.78 is 132. The molecule has 19 nitrogen and oxygen atoms in total. The Hall–Kier alpha value is -6.31. The Morgan fingerprint density at radius 2 is 0.655 bits per heavy atom. The van der Waals surface area contributed by atoms with E-state index in [2.05, 4.69) is 25.4 Å². The molecule has 7 aromatic rings. The van der Waals surface area contributed by atoms with Gasteiger partial charge in [-0.3, -0.25) is 23.2 Å². The van der Waals surface area contributed by atoms with Gasteiger partial charge in [-0.05, 0) is 60.7 Å². The lowest BCUT2D eigenvalue weighted by atomic mass is 10.0. The molecule has 0 radical (unpaired) electrons. The molecule has 58 heavy (non-hydrogen) atoms. The fourth-order valence-corrected chi connectivity index (χ4v) is 7.48. The van der Waals surface area contributed by atoms with E-state index in [0.717, 1.165) is 48.5 Å². The first kappa shape index (κ1) is 39.9. The number of hydrogen-bond donors (Lipinski definition) is 4. The Labute approximate surface area is 329 Å². The zero-order valence-corrected chi connectivity index (χ0v) is 32.1. The number of nitrogens with zero attached hydrogens (tertiary/aromatic N) is 7. The van der Waals surface area contributed by atoms with E-state index in [1.54, 1.807) is 12.1 Å². The minimum absolute atomic E-state index is 0.0530. The number of pyridine rings is 1. The fraction of sp³-hybridized carbons (Fsp3) is 0. The number of aromatic nitrogens is 7. The maximum Gasteiger partial charge on any atom is 0.294 e. The Morgan fingerprint density at radius 3 is 1.00 bits per heavy atom. The molecule has 0 amide bonds. The van der Waals surface area contributed by atoms with Crippen molar-refractivity contribution >= 4 is 40.5 Å². The molecule has 0 saturated carbocycles. The van der Waals surface area contributed by atoms with Crippen LogP contribution in [0, 0.1) is 0 Å². The van der Waals surface area contributed by atoms with Crippen LogP contribution in [-0.2, 0) is 40.5 Å². The van der Waals surface area contributed by atoms with Gasteiger partial charge in [-0.25, -0.2) is 9.97 Å². The second-order valence-electron chi connectivity index (χ2n) is 12.1. The lowest BCUT2D eigenvalue weighted by molar-refractivity contribution is 0.481. The third kappa shape index (κ3) is 8.36. The summed E-state index contributed by atoms with van der Waals surface area (Å²) in [6.07, 6.45) is 1.41. The molecule has 0 atom stereocenters. The normalized spacial score (nSPS) is 12.3. The van der Waals surface area contributed by atoms with Gasteiger partial charge in [0, 0.05) is 28.5 Å². The van der Waals surface area contributed by atoms with Gasteiger partial charge in [0.25, 0.3) is 40.5 Å². The molecule has 0 unspecified atom stereocenters. The van der Waals surface area contributed by atoms with Gasteiger partial charge in [-0.15, -0.1) is 20.4 Å². The molecular weight excluding hydrogens is 839 g/mol. The molecule has 294 valence electrons. The third-order valence-electron chi connectivity index (χ3n) is 8.34. The summed E-state index contributed by atoms with van der Waals surface area (Å²) in [5, 5.41) is 17.3. The van der Waals surface area contributed by atoms with Crippen LogP contribution in [0.15, 0.2) is 135 Å². The number of benzene rings is 4. The van der Waals surface area contributed by atoms with Crippen molar-refractivity contribution in [1.82, 2.24) is 35.3 Å². The molecule has 0 aliphatic heterocycles. The highest BCUT2D eigenvalue weighted by Gasteiger charge is 2.23. The van der Waals surface area contributed by atoms with Gasteiger partial charge in [0.2, 0.25) is 5.82 Å². The van der Waals surface area contributed by atoms with E-state index in [1.165, 1.54) is 54.7 Å². The Balaban J connectivity index is 1.39. The standard InChI is InChI=1S/C35H23N7O12S4/c43-55(44,45)24-11-3-20(4-12-24)29-31(22-7-15-26(16-8-22)57(49,50)51)39-41-34(37-29)28-2-1-19-36-33(28)35-38-30(21-5-13-25(14-6-21)56(46,47)48)32(40-42-35)23-9-17-27(18-10-23)58(52,53)54/h1-19H,(H,43,44,45)(H,46,47,48)(H,49,50,51)(H,52,53,54). The van der Waals surface area contributed by atoms with E-state index in [-0.39, 0.29) is 51.2 Å². The maximum absolute atomic E-state index is 11.8. The average molecular weight is 862 g/mol. The lowest BCUT2D eigenvalue weighted by Gasteiger charge is -2.13. The third-order valence-corrected chi connectivity index (χ3v) is 11.8. The van der Waals surface area contributed by atoms with E-state index in [9.17, 15) is 51.9 Å². The van der Waals surface area contributed by atoms with Crippen LogP contribution >= 0.6 is 0 Å². The molecule has 23 heteroatoms. The molecule has 3 aromatic heterocycles. The number of hydrogen-bond acceptors (Lipinski definition) is 15. The first-order chi connectivity index (χ1) is 27.3.